The van der Waals surface area contributed by atoms with E-state index in [2.05, 4.69) is 10.2 Å². The summed E-state index contributed by atoms with van der Waals surface area (Å²) in [5.41, 5.74) is 3.32. The maximum absolute atomic E-state index is 12.7. The van der Waals surface area contributed by atoms with Gasteiger partial charge in [-0.3, -0.25) is 14.7 Å². The van der Waals surface area contributed by atoms with Crippen molar-refractivity contribution in [3.8, 4) is 0 Å². The number of aryl methyl sites for hydroxylation is 1. The second-order valence-electron chi connectivity index (χ2n) is 6.13. The lowest BCUT2D eigenvalue weighted by Gasteiger charge is -2.34. The van der Waals surface area contributed by atoms with Crippen molar-refractivity contribution in [2.45, 2.75) is 19.3 Å². The van der Waals surface area contributed by atoms with Gasteiger partial charge in [-0.25, -0.2) is 0 Å². The lowest BCUT2D eigenvalue weighted by Crippen LogP contribution is -2.52. The van der Waals surface area contributed by atoms with Crippen molar-refractivity contribution in [3.63, 3.8) is 0 Å². The summed E-state index contributed by atoms with van der Waals surface area (Å²) < 4.78 is 0. The van der Waals surface area contributed by atoms with E-state index in [9.17, 15) is 9.59 Å². The van der Waals surface area contributed by atoms with E-state index < -0.39 is 0 Å². The van der Waals surface area contributed by atoms with E-state index in [1.54, 1.807) is 21.9 Å². The molecule has 1 aromatic heterocycles. The van der Waals surface area contributed by atoms with Gasteiger partial charge in [0.05, 0.1) is 0 Å². The van der Waals surface area contributed by atoms with Crippen LogP contribution in [0, 0.1) is 0 Å². The Morgan fingerprint density at radius 2 is 2.12 bits per heavy atom. The third-order valence-corrected chi connectivity index (χ3v) is 4.87. The van der Waals surface area contributed by atoms with Crippen LogP contribution in [0.2, 0.25) is 5.02 Å². The summed E-state index contributed by atoms with van der Waals surface area (Å²) in [6.07, 6.45) is 2.87. The highest BCUT2D eigenvalue weighted by atomic mass is 35.5. The minimum atomic E-state index is -0.159. The molecule has 2 aromatic rings. The van der Waals surface area contributed by atoms with Crippen LogP contribution < -0.4 is 4.90 Å². The number of aromatic amines is 1. The molecule has 2 aliphatic rings. The maximum atomic E-state index is 12.7. The molecule has 0 bridgehead atoms. The Hall–Kier alpha value is -2.34. The predicted molar refractivity (Wildman–Crippen MR) is 90.3 cm³/mol. The number of H-pyrrole nitrogens is 1. The van der Waals surface area contributed by atoms with Crippen LogP contribution in [-0.2, 0) is 17.6 Å². The SMILES string of the molecule is O=C(c1n[nH]c2c1CCC2)N1CCN(c2cccc(Cl)c2)C(=O)C1. The van der Waals surface area contributed by atoms with Gasteiger partial charge in [0, 0.05) is 35.1 Å². The number of aromatic nitrogens is 2. The van der Waals surface area contributed by atoms with Gasteiger partial charge in [-0.2, -0.15) is 5.10 Å². The number of nitrogens with zero attached hydrogens (tertiary/aromatic N) is 3. The Labute approximate surface area is 144 Å². The van der Waals surface area contributed by atoms with E-state index >= 15 is 0 Å². The summed E-state index contributed by atoms with van der Waals surface area (Å²) in [5, 5.41) is 7.71. The molecule has 0 saturated carbocycles. The van der Waals surface area contributed by atoms with Crippen molar-refractivity contribution in [2.24, 2.45) is 0 Å². The first-order chi connectivity index (χ1) is 11.6. The Morgan fingerprint density at radius 1 is 1.25 bits per heavy atom. The predicted octanol–water partition coefficient (Wildman–Crippen LogP) is 2.04. The van der Waals surface area contributed by atoms with Gasteiger partial charge in [0.2, 0.25) is 5.91 Å². The molecule has 2 amide bonds. The molecule has 0 radical (unpaired) electrons. The standard InChI is InChI=1S/C17H17ClN4O2/c18-11-3-1-4-12(9-11)22-8-7-21(10-15(22)23)17(24)16-13-5-2-6-14(13)19-20-16/h1,3-4,9H,2,5-8,10H2,(H,19,20). The van der Waals surface area contributed by atoms with Crippen LogP contribution in [0.25, 0.3) is 0 Å². The molecule has 7 heteroatoms. The van der Waals surface area contributed by atoms with Crippen molar-refractivity contribution in [3.05, 3.63) is 46.2 Å². The van der Waals surface area contributed by atoms with Crippen LogP contribution in [0.5, 0.6) is 0 Å². The van der Waals surface area contributed by atoms with Crippen molar-refractivity contribution in [1.29, 1.82) is 0 Å². The average Bonchev–Trinajstić information content (AvgIpc) is 3.17. The first-order valence-electron chi connectivity index (χ1n) is 8.05. The zero-order chi connectivity index (χ0) is 16.7. The topological polar surface area (TPSA) is 69.3 Å². The molecule has 6 nitrogen and oxygen atoms in total. The third kappa shape index (κ3) is 2.57. The van der Waals surface area contributed by atoms with Crippen molar-refractivity contribution < 1.29 is 9.59 Å². The average molecular weight is 345 g/mol. The van der Waals surface area contributed by atoms with E-state index in [1.165, 1.54) is 0 Å². The molecule has 1 aliphatic carbocycles. The number of fused-ring (bicyclic) bond motifs is 1. The molecule has 0 unspecified atom stereocenters. The number of carbonyl (C=O) groups excluding carboxylic acids is 2. The van der Waals surface area contributed by atoms with Crippen molar-refractivity contribution in [2.75, 3.05) is 24.5 Å². The Morgan fingerprint density at radius 3 is 2.92 bits per heavy atom. The van der Waals surface area contributed by atoms with Crippen LogP contribution in [0.3, 0.4) is 0 Å². The van der Waals surface area contributed by atoms with Gasteiger partial charge in [-0.1, -0.05) is 17.7 Å². The smallest absolute Gasteiger partial charge is 0.275 e. The largest absolute Gasteiger partial charge is 0.326 e. The second-order valence-corrected chi connectivity index (χ2v) is 6.57. The molecular formula is C17H17ClN4O2. The number of amides is 2. The first kappa shape index (κ1) is 15.2. The van der Waals surface area contributed by atoms with Crippen LogP contribution in [0.15, 0.2) is 24.3 Å². The molecule has 124 valence electrons. The minimum Gasteiger partial charge on any atom is -0.326 e. The molecule has 1 aromatic carbocycles. The van der Waals surface area contributed by atoms with Gasteiger partial charge in [0.25, 0.3) is 5.91 Å². The van der Waals surface area contributed by atoms with E-state index in [1.807, 2.05) is 12.1 Å². The minimum absolute atomic E-state index is 0.0625. The van der Waals surface area contributed by atoms with E-state index in [4.69, 9.17) is 11.6 Å². The van der Waals surface area contributed by atoms with E-state index in [-0.39, 0.29) is 18.4 Å². The number of carbonyl (C=O) groups is 2. The van der Waals surface area contributed by atoms with Crippen LogP contribution in [-0.4, -0.2) is 46.5 Å². The fourth-order valence-corrected chi connectivity index (χ4v) is 3.59. The molecule has 24 heavy (non-hydrogen) atoms. The Balaban J connectivity index is 1.50. The highest BCUT2D eigenvalue weighted by molar-refractivity contribution is 6.30. The van der Waals surface area contributed by atoms with Gasteiger partial charge in [-0.15, -0.1) is 0 Å². The highest BCUT2D eigenvalue weighted by Crippen LogP contribution is 2.25. The fourth-order valence-electron chi connectivity index (χ4n) is 3.41. The molecule has 0 atom stereocenters. The molecule has 2 heterocycles. The third-order valence-electron chi connectivity index (χ3n) is 4.64. The number of benzene rings is 1. The maximum Gasteiger partial charge on any atom is 0.275 e. The quantitative estimate of drug-likeness (QED) is 0.906. The Kier molecular flexibility index (Phi) is 3.76. The molecular weight excluding hydrogens is 328 g/mol. The number of nitrogens with one attached hydrogen (secondary N) is 1. The van der Waals surface area contributed by atoms with Gasteiger partial charge >= 0.3 is 0 Å². The summed E-state index contributed by atoms with van der Waals surface area (Å²) in [5.74, 6) is -0.266. The number of halogens is 1. The lowest BCUT2D eigenvalue weighted by molar-refractivity contribution is -0.120. The molecule has 4 rings (SSSR count). The van der Waals surface area contributed by atoms with Gasteiger partial charge < -0.3 is 9.80 Å². The molecule has 0 spiro atoms. The number of piperazine rings is 1. The van der Waals surface area contributed by atoms with E-state index in [0.29, 0.717) is 23.8 Å². The second kappa shape index (κ2) is 5.94. The van der Waals surface area contributed by atoms with Crippen LogP contribution in [0.1, 0.15) is 28.2 Å². The number of hydrogen-bond donors (Lipinski definition) is 1. The number of hydrogen-bond acceptors (Lipinski definition) is 3. The van der Waals surface area contributed by atoms with Crippen molar-refractivity contribution in [1.82, 2.24) is 15.1 Å². The molecule has 1 fully saturated rings. The first-order valence-corrected chi connectivity index (χ1v) is 8.42. The molecule has 1 aliphatic heterocycles. The van der Waals surface area contributed by atoms with Gasteiger partial charge in [0.1, 0.15) is 6.54 Å². The Bertz CT molecular complexity index is 817. The summed E-state index contributed by atoms with van der Waals surface area (Å²) in [7, 11) is 0. The summed E-state index contributed by atoms with van der Waals surface area (Å²) >= 11 is 6.00. The number of anilines is 1. The lowest BCUT2D eigenvalue weighted by atomic mass is 10.1. The fraction of sp³-hybridized carbons (Fsp3) is 0.353. The normalized spacial score (nSPS) is 17.3. The zero-order valence-electron chi connectivity index (χ0n) is 13.1. The molecule has 1 saturated heterocycles. The van der Waals surface area contributed by atoms with Crippen LogP contribution >= 0.6 is 11.6 Å². The summed E-state index contributed by atoms with van der Waals surface area (Å²) in [4.78, 5) is 28.5. The summed E-state index contributed by atoms with van der Waals surface area (Å²) in [6.45, 7) is 1.00. The zero-order valence-corrected chi connectivity index (χ0v) is 13.8. The number of rotatable bonds is 2. The summed E-state index contributed by atoms with van der Waals surface area (Å²) in [6, 6.07) is 7.20. The highest BCUT2D eigenvalue weighted by Gasteiger charge is 2.32. The van der Waals surface area contributed by atoms with Crippen LogP contribution in [0.4, 0.5) is 5.69 Å². The monoisotopic (exact) mass is 344 g/mol. The molecule has 1 N–H and O–H groups in total. The van der Waals surface area contributed by atoms with Gasteiger partial charge in [0.15, 0.2) is 5.69 Å². The van der Waals surface area contributed by atoms with E-state index in [0.717, 1.165) is 36.2 Å². The van der Waals surface area contributed by atoms with Crippen molar-refractivity contribution >= 4 is 29.1 Å². The van der Waals surface area contributed by atoms with Gasteiger partial charge in [-0.05, 0) is 37.5 Å².